The molecule has 1 saturated carbocycles. The highest BCUT2D eigenvalue weighted by Gasteiger charge is 2.36. The Hall–Kier alpha value is -4.63. The molecule has 3 atom stereocenters. The van der Waals surface area contributed by atoms with Crippen LogP contribution in [0.3, 0.4) is 0 Å². The lowest BCUT2D eigenvalue weighted by molar-refractivity contribution is -0.137. The molecule has 1 amide bonds. The fourth-order valence-electron chi connectivity index (χ4n) is 6.39. The first-order valence-corrected chi connectivity index (χ1v) is 17.1. The van der Waals surface area contributed by atoms with E-state index in [0.29, 0.717) is 48.9 Å². The highest BCUT2D eigenvalue weighted by molar-refractivity contribution is 6.16. The zero-order chi connectivity index (χ0) is 34.4. The predicted molar refractivity (Wildman–Crippen MR) is 186 cm³/mol. The topological polar surface area (TPSA) is 74.2 Å². The second-order valence-corrected chi connectivity index (χ2v) is 13.0. The molecule has 2 N–H and O–H groups in total. The van der Waals surface area contributed by atoms with E-state index in [1.54, 1.807) is 0 Å². The van der Waals surface area contributed by atoms with Gasteiger partial charge in [-0.05, 0) is 66.8 Å². The van der Waals surface area contributed by atoms with Gasteiger partial charge < -0.3 is 20.1 Å². The number of carbonyl (C=O) groups excluding carboxylic acids is 1. The highest BCUT2D eigenvalue weighted by atomic mass is 19.4. The number of hydrogen-bond acceptors (Lipinski definition) is 5. The van der Waals surface area contributed by atoms with Gasteiger partial charge in [-0.1, -0.05) is 93.3 Å². The van der Waals surface area contributed by atoms with Gasteiger partial charge in [0.25, 0.3) is 0 Å². The van der Waals surface area contributed by atoms with Crippen molar-refractivity contribution in [1.29, 1.82) is 0 Å². The Morgan fingerprint density at radius 3 is 2.39 bits per heavy atom. The largest absolute Gasteiger partial charge is 0.457 e. The fraction of sp³-hybridized carbons (Fsp3) is 0.350. The summed E-state index contributed by atoms with van der Waals surface area (Å²) < 4.78 is 46.5. The molecule has 0 saturated heterocycles. The fourth-order valence-corrected chi connectivity index (χ4v) is 6.39. The second kappa shape index (κ2) is 15.3. The van der Waals surface area contributed by atoms with Crippen molar-refractivity contribution in [3.8, 4) is 11.5 Å². The van der Waals surface area contributed by atoms with Crippen molar-refractivity contribution in [2.75, 3.05) is 11.4 Å². The maximum absolute atomic E-state index is 13.9. The Labute approximate surface area is 285 Å². The lowest BCUT2D eigenvalue weighted by atomic mass is 9.91. The van der Waals surface area contributed by atoms with Gasteiger partial charge in [0.05, 0.1) is 29.8 Å². The van der Waals surface area contributed by atoms with Crippen molar-refractivity contribution >= 4 is 17.3 Å². The minimum Gasteiger partial charge on any atom is -0.457 e. The number of rotatable bonds is 13. The SMILES string of the molecule is CCCCC(O)C(CC1CC1)C(=O)NC1CN(Cc2cccc(Oc3ccccc3)c2)c2ccccc2C(c2ccc(C(F)(F)F)cc2)=N1. The average Bonchev–Trinajstić information content (AvgIpc) is 3.94. The third kappa shape index (κ3) is 8.89. The lowest BCUT2D eigenvalue weighted by Crippen LogP contribution is -2.47. The van der Waals surface area contributed by atoms with Gasteiger partial charge in [-0.3, -0.25) is 9.79 Å². The molecule has 256 valence electrons. The first-order chi connectivity index (χ1) is 23.7. The average molecular weight is 670 g/mol. The number of aliphatic hydroxyl groups excluding tert-OH is 1. The molecule has 4 aromatic carbocycles. The number of halogens is 3. The summed E-state index contributed by atoms with van der Waals surface area (Å²) in [5.74, 6) is 1.02. The summed E-state index contributed by atoms with van der Waals surface area (Å²) >= 11 is 0. The Kier molecular flexibility index (Phi) is 10.7. The summed E-state index contributed by atoms with van der Waals surface area (Å²) in [6, 6.07) is 30.0. The molecule has 0 bridgehead atoms. The molecule has 6 rings (SSSR count). The van der Waals surface area contributed by atoms with Crippen molar-refractivity contribution in [3.05, 3.63) is 125 Å². The number of para-hydroxylation sites is 2. The van der Waals surface area contributed by atoms with E-state index in [1.807, 2.05) is 78.9 Å². The predicted octanol–water partition coefficient (Wildman–Crippen LogP) is 8.77. The van der Waals surface area contributed by atoms with Crippen LogP contribution in [0.5, 0.6) is 11.5 Å². The summed E-state index contributed by atoms with van der Waals surface area (Å²) in [6.45, 7) is 2.81. The summed E-state index contributed by atoms with van der Waals surface area (Å²) in [5, 5.41) is 14.3. The van der Waals surface area contributed by atoms with Gasteiger partial charge in [0.15, 0.2) is 0 Å². The Bertz CT molecular complexity index is 1740. The molecule has 1 heterocycles. The molecule has 3 unspecified atom stereocenters. The molecule has 9 heteroatoms. The third-order valence-electron chi connectivity index (χ3n) is 9.16. The number of ether oxygens (including phenoxy) is 1. The van der Waals surface area contributed by atoms with Crippen LogP contribution in [0, 0.1) is 11.8 Å². The Balaban J connectivity index is 1.34. The molecule has 1 aliphatic heterocycles. The van der Waals surface area contributed by atoms with Crippen molar-refractivity contribution in [3.63, 3.8) is 0 Å². The first kappa shape index (κ1) is 34.2. The Morgan fingerprint density at radius 1 is 0.959 bits per heavy atom. The summed E-state index contributed by atoms with van der Waals surface area (Å²) in [5.41, 5.74) is 2.80. The van der Waals surface area contributed by atoms with Crippen molar-refractivity contribution in [2.24, 2.45) is 16.8 Å². The molecule has 0 aromatic heterocycles. The number of benzodiazepines with no additional fused rings is 1. The van der Waals surface area contributed by atoms with E-state index in [0.717, 1.165) is 60.4 Å². The van der Waals surface area contributed by atoms with Crippen molar-refractivity contribution in [1.82, 2.24) is 5.32 Å². The van der Waals surface area contributed by atoms with E-state index in [2.05, 4.69) is 17.1 Å². The van der Waals surface area contributed by atoms with Crippen LogP contribution in [0.2, 0.25) is 0 Å². The zero-order valence-electron chi connectivity index (χ0n) is 27.6. The van der Waals surface area contributed by atoms with Gasteiger partial charge in [-0.15, -0.1) is 0 Å². The van der Waals surface area contributed by atoms with Crippen LogP contribution in [0.4, 0.5) is 18.9 Å². The number of aliphatic imine (C=N–C) groups is 1. The maximum atomic E-state index is 13.9. The van der Waals surface area contributed by atoms with E-state index < -0.39 is 29.9 Å². The van der Waals surface area contributed by atoms with E-state index in [-0.39, 0.29) is 5.91 Å². The smallest absolute Gasteiger partial charge is 0.416 e. The minimum atomic E-state index is -4.47. The van der Waals surface area contributed by atoms with Crippen molar-refractivity contribution < 1.29 is 27.8 Å². The molecule has 0 radical (unpaired) electrons. The zero-order valence-corrected chi connectivity index (χ0v) is 27.6. The quantitative estimate of drug-likeness (QED) is 0.149. The second-order valence-electron chi connectivity index (χ2n) is 13.0. The van der Waals surface area contributed by atoms with Crippen LogP contribution in [0.25, 0.3) is 0 Å². The van der Waals surface area contributed by atoms with Crippen LogP contribution >= 0.6 is 0 Å². The third-order valence-corrected chi connectivity index (χ3v) is 9.16. The van der Waals surface area contributed by atoms with E-state index in [1.165, 1.54) is 12.1 Å². The van der Waals surface area contributed by atoms with Crippen LogP contribution < -0.4 is 15.0 Å². The molecule has 1 fully saturated rings. The Morgan fingerprint density at radius 2 is 1.67 bits per heavy atom. The van der Waals surface area contributed by atoms with E-state index >= 15 is 0 Å². The van der Waals surface area contributed by atoms with E-state index in [9.17, 15) is 23.1 Å². The molecule has 49 heavy (non-hydrogen) atoms. The number of anilines is 1. The van der Waals surface area contributed by atoms with Crippen LogP contribution in [-0.4, -0.2) is 35.5 Å². The maximum Gasteiger partial charge on any atom is 0.416 e. The number of hydrogen-bond donors (Lipinski definition) is 2. The molecule has 2 aliphatic rings. The number of carbonyl (C=O) groups is 1. The first-order valence-electron chi connectivity index (χ1n) is 17.1. The van der Waals surface area contributed by atoms with Crippen LogP contribution in [0.1, 0.15) is 67.7 Å². The minimum absolute atomic E-state index is 0.250. The molecular weight excluding hydrogens is 627 g/mol. The molecule has 4 aromatic rings. The van der Waals surface area contributed by atoms with Gasteiger partial charge in [0.1, 0.15) is 17.7 Å². The molecule has 1 aliphatic carbocycles. The molecule has 6 nitrogen and oxygen atoms in total. The number of nitrogens with zero attached hydrogens (tertiary/aromatic N) is 2. The highest BCUT2D eigenvalue weighted by Crippen LogP contribution is 2.37. The standard InChI is InChI=1S/C40H42F3N3O3/c1-2-3-16-36(47)34(24-27-17-18-27)39(48)45-37-26-46(25-28-10-9-13-32(23-28)49-31-11-5-4-6-12-31)35-15-8-7-14-33(35)38(44-37)29-19-21-30(22-20-29)40(41,42)43/h4-15,19-23,27,34,36-37,47H,2-3,16-18,24-26H2,1H3,(H,45,48). The summed E-state index contributed by atoms with van der Waals surface area (Å²) in [4.78, 5) is 21.1. The molecular formula is C40H42F3N3O3. The van der Waals surface area contributed by atoms with Crippen molar-refractivity contribution in [2.45, 2.75) is 70.4 Å². The number of aliphatic hydroxyl groups is 1. The number of fused-ring (bicyclic) bond motifs is 1. The number of alkyl halides is 3. The molecule has 0 spiro atoms. The van der Waals surface area contributed by atoms with Gasteiger partial charge in [-0.2, -0.15) is 13.2 Å². The summed E-state index contributed by atoms with van der Waals surface area (Å²) in [6.07, 6.45) is -0.939. The van der Waals surface area contributed by atoms with Crippen LogP contribution in [0.15, 0.2) is 108 Å². The van der Waals surface area contributed by atoms with Gasteiger partial charge >= 0.3 is 6.18 Å². The van der Waals surface area contributed by atoms with E-state index in [4.69, 9.17) is 9.73 Å². The lowest BCUT2D eigenvalue weighted by Gasteiger charge is -2.29. The monoisotopic (exact) mass is 669 g/mol. The number of amides is 1. The summed E-state index contributed by atoms with van der Waals surface area (Å²) in [7, 11) is 0. The van der Waals surface area contributed by atoms with Crippen LogP contribution in [-0.2, 0) is 17.5 Å². The normalized spacial score (nSPS) is 17.4. The number of unbranched alkanes of at least 4 members (excludes halogenated alkanes) is 1. The van der Waals surface area contributed by atoms with Gasteiger partial charge in [0, 0.05) is 23.4 Å². The number of benzene rings is 4. The number of nitrogens with one attached hydrogen (secondary N) is 1. The van der Waals surface area contributed by atoms with Gasteiger partial charge in [0.2, 0.25) is 5.91 Å². The van der Waals surface area contributed by atoms with Gasteiger partial charge in [-0.25, -0.2) is 0 Å².